The van der Waals surface area contributed by atoms with Gasteiger partial charge in [-0.05, 0) is 30.3 Å². The van der Waals surface area contributed by atoms with Crippen LogP contribution < -0.4 is 14.9 Å². The van der Waals surface area contributed by atoms with Gasteiger partial charge in [-0.1, -0.05) is 37.2 Å². The number of amides is 1. The Morgan fingerprint density at radius 2 is 2.07 bits per heavy atom. The van der Waals surface area contributed by atoms with E-state index in [2.05, 4.69) is 34.3 Å². The number of methoxy groups -OCH3 is 2. The predicted octanol–water partition coefficient (Wildman–Crippen LogP) is 4.50. The highest BCUT2D eigenvalue weighted by Gasteiger charge is 2.13. The first-order valence-corrected chi connectivity index (χ1v) is 10.1. The molecule has 0 saturated carbocycles. The van der Waals surface area contributed by atoms with Crippen LogP contribution in [0.15, 0.2) is 40.6 Å². The minimum atomic E-state index is -0.340. The lowest BCUT2D eigenvalue weighted by Gasteiger charge is -2.10. The maximum atomic E-state index is 12.4. The van der Waals surface area contributed by atoms with Gasteiger partial charge in [0.25, 0.3) is 5.91 Å². The molecule has 2 aromatic carbocycles. The van der Waals surface area contributed by atoms with Crippen LogP contribution in [0.5, 0.6) is 11.5 Å². The van der Waals surface area contributed by atoms with Crippen LogP contribution in [-0.4, -0.2) is 41.6 Å². The van der Waals surface area contributed by atoms with Gasteiger partial charge in [0.15, 0.2) is 16.7 Å². The Balaban J connectivity index is 1.73. The standard InChI is InChI=1S/C20H21ClN4O3S/c1-11(2)29-20-23-14-7-5-12(9-15(14)24-20)19(26)25-22-10-13-6-8-16(27-3)18(28-4)17(13)21/h5-11H,1-4H3,(H,23,24)(H,25,26)/b22-10-. The van der Waals surface area contributed by atoms with Crippen LogP contribution in [0, 0.1) is 0 Å². The summed E-state index contributed by atoms with van der Waals surface area (Å²) in [5, 5.41) is 5.59. The zero-order chi connectivity index (χ0) is 21.0. The van der Waals surface area contributed by atoms with Gasteiger partial charge >= 0.3 is 0 Å². The fourth-order valence-corrected chi connectivity index (χ4v) is 3.68. The normalized spacial score (nSPS) is 11.4. The molecule has 0 bridgehead atoms. The first kappa shape index (κ1) is 21.0. The van der Waals surface area contributed by atoms with Crippen molar-refractivity contribution in [1.82, 2.24) is 15.4 Å². The van der Waals surface area contributed by atoms with E-state index in [0.717, 1.165) is 16.2 Å². The summed E-state index contributed by atoms with van der Waals surface area (Å²) in [5.74, 6) is 0.582. The van der Waals surface area contributed by atoms with Gasteiger partial charge in [0.1, 0.15) is 0 Å². The molecule has 0 unspecified atom stereocenters. The Morgan fingerprint density at radius 3 is 2.76 bits per heavy atom. The summed E-state index contributed by atoms with van der Waals surface area (Å²) in [7, 11) is 3.03. The maximum Gasteiger partial charge on any atom is 0.271 e. The van der Waals surface area contributed by atoms with Crippen molar-refractivity contribution in [2.45, 2.75) is 24.3 Å². The highest BCUT2D eigenvalue weighted by Crippen LogP contribution is 2.36. The number of H-pyrrole nitrogens is 1. The van der Waals surface area contributed by atoms with Crippen LogP contribution in [0.4, 0.5) is 0 Å². The Kier molecular flexibility index (Phi) is 6.66. The van der Waals surface area contributed by atoms with Gasteiger partial charge in [-0.2, -0.15) is 5.10 Å². The second-order valence-corrected chi connectivity index (χ2v) is 8.29. The van der Waals surface area contributed by atoms with Gasteiger partial charge in [-0.15, -0.1) is 0 Å². The molecule has 2 N–H and O–H groups in total. The number of hydrogen-bond acceptors (Lipinski definition) is 6. The molecule has 1 amide bonds. The van der Waals surface area contributed by atoms with Crippen LogP contribution in [0.3, 0.4) is 0 Å². The fraction of sp³-hybridized carbons (Fsp3) is 0.250. The van der Waals surface area contributed by atoms with Gasteiger partial charge in [0.05, 0.1) is 36.5 Å². The maximum absolute atomic E-state index is 12.4. The molecule has 0 aliphatic carbocycles. The first-order valence-electron chi connectivity index (χ1n) is 8.83. The predicted molar refractivity (Wildman–Crippen MR) is 117 cm³/mol. The van der Waals surface area contributed by atoms with Gasteiger partial charge in [-0.3, -0.25) is 4.79 Å². The zero-order valence-corrected chi connectivity index (χ0v) is 18.0. The van der Waals surface area contributed by atoms with Crippen LogP contribution in [-0.2, 0) is 0 Å². The fourth-order valence-electron chi connectivity index (χ4n) is 2.64. The van der Waals surface area contributed by atoms with Gasteiger partial charge in [0.2, 0.25) is 0 Å². The molecule has 3 rings (SSSR count). The molecule has 7 nitrogen and oxygen atoms in total. The topological polar surface area (TPSA) is 88.6 Å². The average Bonchev–Trinajstić information content (AvgIpc) is 3.09. The second kappa shape index (κ2) is 9.19. The highest BCUT2D eigenvalue weighted by molar-refractivity contribution is 7.99. The van der Waals surface area contributed by atoms with Crippen LogP contribution >= 0.6 is 23.4 Å². The quantitative estimate of drug-likeness (QED) is 0.326. The lowest BCUT2D eigenvalue weighted by Crippen LogP contribution is -2.17. The van der Waals surface area contributed by atoms with E-state index in [1.54, 1.807) is 42.1 Å². The third-order valence-corrected chi connectivity index (χ3v) is 5.23. The van der Waals surface area contributed by atoms with Crippen LogP contribution in [0.25, 0.3) is 11.0 Å². The highest BCUT2D eigenvalue weighted by atomic mass is 35.5. The molecule has 9 heteroatoms. The summed E-state index contributed by atoms with van der Waals surface area (Å²) >= 11 is 7.94. The molecule has 0 fully saturated rings. The van der Waals surface area contributed by atoms with Gasteiger partial charge in [0, 0.05) is 16.4 Å². The van der Waals surface area contributed by atoms with Crippen molar-refractivity contribution in [3.8, 4) is 11.5 Å². The molecule has 0 atom stereocenters. The molecule has 1 heterocycles. The van der Waals surface area contributed by atoms with Crippen molar-refractivity contribution in [3.05, 3.63) is 46.5 Å². The number of halogens is 1. The third-order valence-electron chi connectivity index (χ3n) is 3.95. The molecular weight excluding hydrogens is 412 g/mol. The molecule has 152 valence electrons. The summed E-state index contributed by atoms with van der Waals surface area (Å²) in [6.45, 7) is 4.19. The number of fused-ring (bicyclic) bond motifs is 1. The Labute approximate surface area is 177 Å². The Bertz CT molecular complexity index is 1070. The minimum Gasteiger partial charge on any atom is -0.493 e. The van der Waals surface area contributed by atoms with Crippen molar-refractivity contribution in [2.75, 3.05) is 14.2 Å². The molecule has 3 aromatic rings. The molecule has 0 saturated heterocycles. The molecule has 29 heavy (non-hydrogen) atoms. The van der Waals surface area contributed by atoms with E-state index in [9.17, 15) is 4.79 Å². The number of carbonyl (C=O) groups excluding carboxylic acids is 1. The van der Waals surface area contributed by atoms with Crippen molar-refractivity contribution >= 4 is 46.5 Å². The molecule has 0 radical (unpaired) electrons. The summed E-state index contributed by atoms with van der Waals surface area (Å²) in [6, 6.07) is 8.71. The summed E-state index contributed by atoms with van der Waals surface area (Å²) in [6.07, 6.45) is 1.45. The van der Waals surface area contributed by atoms with E-state index in [1.165, 1.54) is 20.4 Å². The van der Waals surface area contributed by atoms with E-state index in [4.69, 9.17) is 21.1 Å². The van der Waals surface area contributed by atoms with Gasteiger partial charge < -0.3 is 14.5 Å². The number of hydrazone groups is 1. The summed E-state index contributed by atoms with van der Waals surface area (Å²) < 4.78 is 10.5. The van der Waals surface area contributed by atoms with E-state index in [-0.39, 0.29) is 5.91 Å². The van der Waals surface area contributed by atoms with Gasteiger partial charge in [-0.25, -0.2) is 10.4 Å². The minimum absolute atomic E-state index is 0.340. The molecule has 0 aliphatic heterocycles. The van der Waals surface area contributed by atoms with Crippen molar-refractivity contribution < 1.29 is 14.3 Å². The number of hydrogen-bond donors (Lipinski definition) is 2. The Hall–Kier alpha value is -2.71. The molecular formula is C20H21ClN4O3S. The molecule has 0 aliphatic rings. The van der Waals surface area contributed by atoms with Crippen molar-refractivity contribution in [3.63, 3.8) is 0 Å². The van der Waals surface area contributed by atoms with E-state index < -0.39 is 0 Å². The average molecular weight is 433 g/mol. The number of benzene rings is 2. The van der Waals surface area contributed by atoms with E-state index in [1.807, 2.05) is 0 Å². The third kappa shape index (κ3) is 4.83. The number of rotatable bonds is 7. The lowest BCUT2D eigenvalue weighted by molar-refractivity contribution is 0.0955. The first-order chi connectivity index (χ1) is 13.9. The number of carbonyl (C=O) groups is 1. The summed E-state index contributed by atoms with van der Waals surface area (Å²) in [4.78, 5) is 20.2. The van der Waals surface area contributed by atoms with Crippen molar-refractivity contribution in [1.29, 1.82) is 0 Å². The number of aromatic nitrogens is 2. The van der Waals surface area contributed by atoms with E-state index in [0.29, 0.717) is 32.9 Å². The van der Waals surface area contributed by atoms with Crippen LogP contribution in [0.1, 0.15) is 29.8 Å². The number of ether oxygens (including phenoxy) is 2. The zero-order valence-electron chi connectivity index (χ0n) is 16.4. The Morgan fingerprint density at radius 1 is 1.28 bits per heavy atom. The number of thioether (sulfide) groups is 1. The number of aromatic amines is 1. The molecule has 0 spiro atoms. The van der Waals surface area contributed by atoms with E-state index >= 15 is 0 Å². The number of nitrogens with one attached hydrogen (secondary N) is 2. The lowest BCUT2D eigenvalue weighted by atomic mass is 10.2. The van der Waals surface area contributed by atoms with Crippen molar-refractivity contribution in [2.24, 2.45) is 5.10 Å². The second-order valence-electron chi connectivity index (χ2n) is 6.34. The largest absolute Gasteiger partial charge is 0.493 e. The summed E-state index contributed by atoms with van der Waals surface area (Å²) in [5.41, 5.74) is 5.17. The SMILES string of the molecule is COc1ccc(/C=N\NC(=O)c2ccc3nc(SC(C)C)[nH]c3c2)c(Cl)c1OC. The monoisotopic (exact) mass is 432 g/mol. The molecule has 1 aromatic heterocycles. The number of nitrogens with zero attached hydrogens (tertiary/aromatic N) is 2. The smallest absolute Gasteiger partial charge is 0.271 e. The van der Waals surface area contributed by atoms with Crippen LogP contribution in [0.2, 0.25) is 5.02 Å². The number of imidazole rings is 1.